The van der Waals surface area contributed by atoms with Crippen LogP contribution in [0.5, 0.6) is 0 Å². The summed E-state index contributed by atoms with van der Waals surface area (Å²) in [7, 11) is 0. The third kappa shape index (κ3) is 2.16. The summed E-state index contributed by atoms with van der Waals surface area (Å²) in [5.41, 5.74) is 0. The first-order valence-electron chi connectivity index (χ1n) is 4.65. The van der Waals surface area contributed by atoms with Crippen molar-refractivity contribution in [3.63, 3.8) is 0 Å². The van der Waals surface area contributed by atoms with Gasteiger partial charge in [0.05, 0.1) is 16.0 Å². The Morgan fingerprint density at radius 3 is 3.14 bits per heavy atom. The number of carbonyl (C=O) groups is 1. The zero-order valence-corrected chi connectivity index (χ0v) is 9.24. The molecule has 1 atom stereocenters. The maximum absolute atomic E-state index is 11.7. The Hall–Kier alpha value is -0.380. The molecule has 0 N–H and O–H groups in total. The largest absolute Gasteiger partial charge is 0.378 e. The fraction of sp³-hybridized carbons (Fsp3) is 0.500. The van der Waals surface area contributed by atoms with Crippen molar-refractivity contribution in [3.8, 4) is 0 Å². The minimum absolute atomic E-state index is 0.108. The van der Waals surface area contributed by atoms with Gasteiger partial charge in [-0.3, -0.25) is 4.79 Å². The van der Waals surface area contributed by atoms with Gasteiger partial charge in [-0.15, -0.1) is 11.3 Å². The summed E-state index contributed by atoms with van der Waals surface area (Å²) in [6, 6.07) is 1.76. The fourth-order valence-electron chi connectivity index (χ4n) is 1.60. The van der Waals surface area contributed by atoms with Crippen molar-refractivity contribution in [1.82, 2.24) is 0 Å². The molecule has 4 heteroatoms. The molecule has 1 unspecified atom stereocenters. The van der Waals surface area contributed by atoms with E-state index in [-0.39, 0.29) is 11.9 Å². The van der Waals surface area contributed by atoms with Gasteiger partial charge < -0.3 is 4.74 Å². The first kappa shape index (κ1) is 10.1. The van der Waals surface area contributed by atoms with Crippen molar-refractivity contribution in [1.29, 1.82) is 0 Å². The van der Waals surface area contributed by atoms with Gasteiger partial charge in [0, 0.05) is 13.0 Å². The Balaban J connectivity index is 1.98. The molecular weight excluding hydrogens is 220 g/mol. The number of thiophene rings is 1. The third-order valence-corrected chi connectivity index (χ3v) is 3.69. The van der Waals surface area contributed by atoms with Crippen molar-refractivity contribution in [2.45, 2.75) is 25.4 Å². The lowest BCUT2D eigenvalue weighted by molar-refractivity contribution is 0.0779. The van der Waals surface area contributed by atoms with E-state index in [4.69, 9.17) is 16.3 Å². The van der Waals surface area contributed by atoms with Crippen LogP contribution in [0, 0.1) is 0 Å². The van der Waals surface area contributed by atoms with Crippen LogP contribution in [0.4, 0.5) is 0 Å². The van der Waals surface area contributed by atoms with Crippen LogP contribution in [0.15, 0.2) is 11.4 Å². The summed E-state index contributed by atoms with van der Waals surface area (Å²) >= 11 is 7.27. The second-order valence-electron chi connectivity index (χ2n) is 3.36. The van der Waals surface area contributed by atoms with Gasteiger partial charge >= 0.3 is 0 Å². The van der Waals surface area contributed by atoms with Crippen LogP contribution in [-0.4, -0.2) is 18.5 Å². The Morgan fingerprint density at radius 1 is 1.71 bits per heavy atom. The number of halogens is 1. The van der Waals surface area contributed by atoms with Crippen LogP contribution in [0.3, 0.4) is 0 Å². The van der Waals surface area contributed by atoms with E-state index in [2.05, 4.69) is 0 Å². The predicted octanol–water partition coefficient (Wildman–Crippen LogP) is 3.15. The molecule has 0 bridgehead atoms. The highest BCUT2D eigenvalue weighted by Crippen LogP contribution is 2.26. The maximum Gasteiger partial charge on any atom is 0.176 e. The third-order valence-electron chi connectivity index (χ3n) is 2.31. The van der Waals surface area contributed by atoms with E-state index in [1.54, 1.807) is 6.07 Å². The number of hydrogen-bond donors (Lipinski definition) is 0. The van der Waals surface area contributed by atoms with E-state index < -0.39 is 0 Å². The molecule has 0 radical (unpaired) electrons. The molecule has 2 nitrogen and oxygen atoms in total. The highest BCUT2D eigenvalue weighted by Gasteiger charge is 2.21. The maximum atomic E-state index is 11.7. The van der Waals surface area contributed by atoms with Crippen molar-refractivity contribution in [2.75, 3.05) is 6.61 Å². The molecular formula is C10H11ClO2S. The van der Waals surface area contributed by atoms with Crippen LogP contribution in [0.1, 0.15) is 28.9 Å². The zero-order valence-electron chi connectivity index (χ0n) is 7.66. The van der Waals surface area contributed by atoms with E-state index in [1.165, 1.54) is 11.3 Å². The number of ether oxygens (including phenoxy) is 1. The van der Waals surface area contributed by atoms with Gasteiger partial charge in [0.25, 0.3) is 0 Å². The summed E-state index contributed by atoms with van der Waals surface area (Å²) in [6.45, 7) is 0.788. The summed E-state index contributed by atoms with van der Waals surface area (Å²) < 4.78 is 5.40. The summed E-state index contributed by atoms with van der Waals surface area (Å²) in [4.78, 5) is 12.4. The normalized spacial score (nSPS) is 21.4. The number of rotatable bonds is 3. The number of ketones is 1. The molecule has 2 heterocycles. The van der Waals surface area contributed by atoms with E-state index in [1.807, 2.05) is 5.38 Å². The average molecular weight is 231 g/mol. The number of hydrogen-bond acceptors (Lipinski definition) is 3. The van der Waals surface area contributed by atoms with Gasteiger partial charge in [-0.1, -0.05) is 11.6 Å². The predicted molar refractivity (Wildman–Crippen MR) is 57.3 cm³/mol. The Kier molecular flexibility index (Phi) is 3.21. The monoisotopic (exact) mass is 230 g/mol. The smallest absolute Gasteiger partial charge is 0.176 e. The Bertz CT molecular complexity index is 329. The van der Waals surface area contributed by atoms with E-state index in [0.29, 0.717) is 16.3 Å². The highest BCUT2D eigenvalue weighted by molar-refractivity contribution is 7.12. The number of carbonyl (C=O) groups excluding carboxylic acids is 1. The first-order chi connectivity index (χ1) is 6.77. The molecule has 0 amide bonds. The molecule has 0 saturated carbocycles. The van der Waals surface area contributed by atoms with Crippen LogP contribution in [0.2, 0.25) is 5.02 Å². The van der Waals surface area contributed by atoms with E-state index in [0.717, 1.165) is 19.4 Å². The SMILES string of the molecule is O=C(CC1CCCO1)c1sccc1Cl. The lowest BCUT2D eigenvalue weighted by Gasteiger charge is -2.06. The van der Waals surface area contributed by atoms with Crippen LogP contribution >= 0.6 is 22.9 Å². The average Bonchev–Trinajstić information content (AvgIpc) is 2.75. The Labute approximate surface area is 91.8 Å². The lowest BCUT2D eigenvalue weighted by Crippen LogP contribution is -2.11. The second kappa shape index (κ2) is 4.43. The summed E-state index contributed by atoms with van der Waals surface area (Å²) in [6.07, 6.45) is 2.64. The zero-order chi connectivity index (χ0) is 9.97. The molecule has 1 aliphatic rings. The standard InChI is InChI=1S/C10H11ClO2S/c11-8-3-5-14-10(8)9(12)6-7-2-1-4-13-7/h3,5,7H,1-2,4,6H2. The van der Waals surface area contributed by atoms with Crippen molar-refractivity contribution in [2.24, 2.45) is 0 Å². The Morgan fingerprint density at radius 2 is 2.57 bits per heavy atom. The van der Waals surface area contributed by atoms with E-state index in [9.17, 15) is 4.79 Å². The van der Waals surface area contributed by atoms with Crippen molar-refractivity contribution >= 4 is 28.7 Å². The molecule has 14 heavy (non-hydrogen) atoms. The van der Waals surface area contributed by atoms with Crippen LogP contribution in [0.25, 0.3) is 0 Å². The molecule has 1 aliphatic heterocycles. The van der Waals surface area contributed by atoms with Crippen LogP contribution < -0.4 is 0 Å². The molecule has 0 aliphatic carbocycles. The fourth-order valence-corrected chi connectivity index (χ4v) is 2.71. The molecule has 0 spiro atoms. The molecule has 1 aromatic heterocycles. The summed E-state index contributed by atoms with van der Waals surface area (Å²) in [5, 5.41) is 2.41. The van der Waals surface area contributed by atoms with Gasteiger partial charge in [0.15, 0.2) is 5.78 Å². The van der Waals surface area contributed by atoms with Gasteiger partial charge in [0.1, 0.15) is 0 Å². The molecule has 1 aromatic rings. The minimum atomic E-state index is 0.108. The van der Waals surface area contributed by atoms with Crippen molar-refractivity contribution < 1.29 is 9.53 Å². The highest BCUT2D eigenvalue weighted by atomic mass is 35.5. The molecule has 2 rings (SSSR count). The van der Waals surface area contributed by atoms with Crippen molar-refractivity contribution in [3.05, 3.63) is 21.3 Å². The number of Topliss-reactive ketones (excluding diaryl/α,β-unsaturated/α-hetero) is 1. The minimum Gasteiger partial charge on any atom is -0.378 e. The van der Waals surface area contributed by atoms with Crippen LogP contribution in [-0.2, 0) is 4.74 Å². The molecule has 1 fully saturated rings. The molecule has 1 saturated heterocycles. The van der Waals surface area contributed by atoms with Gasteiger partial charge in [-0.25, -0.2) is 0 Å². The van der Waals surface area contributed by atoms with Gasteiger partial charge in [-0.05, 0) is 24.3 Å². The molecule has 0 aromatic carbocycles. The lowest BCUT2D eigenvalue weighted by atomic mass is 10.1. The van der Waals surface area contributed by atoms with Gasteiger partial charge in [0.2, 0.25) is 0 Å². The molecule has 76 valence electrons. The van der Waals surface area contributed by atoms with Gasteiger partial charge in [-0.2, -0.15) is 0 Å². The first-order valence-corrected chi connectivity index (χ1v) is 5.91. The second-order valence-corrected chi connectivity index (χ2v) is 4.68. The topological polar surface area (TPSA) is 26.3 Å². The quantitative estimate of drug-likeness (QED) is 0.746. The summed E-state index contributed by atoms with van der Waals surface area (Å²) in [5.74, 6) is 0.108. The van der Waals surface area contributed by atoms with E-state index >= 15 is 0 Å².